The van der Waals surface area contributed by atoms with Crippen LogP contribution in [-0.2, 0) is 13.3 Å². The molecule has 18 heavy (non-hydrogen) atoms. The van der Waals surface area contributed by atoms with E-state index in [1.165, 1.54) is 0 Å². The molecule has 0 aliphatic rings. The Morgan fingerprint density at radius 1 is 0.833 bits per heavy atom. The SMILES string of the molecule is [CH2-]CC[Si](OC(C)C)(OC(C)C)OC(C)C.[Cl-].[Mg+2]. The van der Waals surface area contributed by atoms with Crippen LogP contribution in [0.3, 0.4) is 0 Å². The van der Waals surface area contributed by atoms with Crippen LogP contribution in [0.1, 0.15) is 48.0 Å². The fourth-order valence-electron chi connectivity index (χ4n) is 1.55. The van der Waals surface area contributed by atoms with Crippen molar-refractivity contribution in [2.75, 3.05) is 0 Å². The molecular weight excluding hydrogens is 280 g/mol. The van der Waals surface area contributed by atoms with Crippen molar-refractivity contribution in [3.05, 3.63) is 6.92 Å². The van der Waals surface area contributed by atoms with Gasteiger partial charge in [-0.2, -0.15) is 6.42 Å². The molecule has 0 saturated heterocycles. The van der Waals surface area contributed by atoms with Gasteiger partial charge < -0.3 is 32.6 Å². The standard InChI is InChI=1S/C12H27O3Si.ClH.Mg/c1-8-9-16(13-10(2)3,14-11(4)5)15-12(6)7;;/h10-12H,1,8-9H2,2-7H3;1H;/q-1;;+2/p-1. The summed E-state index contributed by atoms with van der Waals surface area (Å²) in [6.45, 7) is 16.0. The van der Waals surface area contributed by atoms with E-state index in [-0.39, 0.29) is 53.8 Å². The molecule has 0 unspecified atom stereocenters. The topological polar surface area (TPSA) is 27.7 Å². The zero-order valence-electron chi connectivity index (χ0n) is 12.7. The smallest absolute Gasteiger partial charge is 1.00 e. The van der Waals surface area contributed by atoms with Crippen molar-refractivity contribution in [3.63, 3.8) is 0 Å². The van der Waals surface area contributed by atoms with E-state index in [1.54, 1.807) is 0 Å². The van der Waals surface area contributed by atoms with Gasteiger partial charge in [0.25, 0.3) is 0 Å². The summed E-state index contributed by atoms with van der Waals surface area (Å²) in [6, 6.07) is 0.779. The van der Waals surface area contributed by atoms with Crippen LogP contribution in [0.5, 0.6) is 0 Å². The Morgan fingerprint density at radius 2 is 1.11 bits per heavy atom. The van der Waals surface area contributed by atoms with Gasteiger partial charge in [0, 0.05) is 18.3 Å². The molecule has 106 valence electrons. The first kappa shape index (κ1) is 24.2. The Labute approximate surface area is 136 Å². The van der Waals surface area contributed by atoms with Gasteiger partial charge in [0.05, 0.1) is 0 Å². The molecule has 0 aliphatic carbocycles. The van der Waals surface area contributed by atoms with Crippen LogP contribution in [0.2, 0.25) is 6.04 Å². The van der Waals surface area contributed by atoms with E-state index < -0.39 is 8.80 Å². The minimum absolute atomic E-state index is 0. The first-order valence-corrected chi connectivity index (χ1v) is 8.07. The summed E-state index contributed by atoms with van der Waals surface area (Å²) >= 11 is 0. The Morgan fingerprint density at radius 3 is 1.28 bits per heavy atom. The maximum absolute atomic E-state index is 5.95. The maximum atomic E-state index is 5.95. The van der Waals surface area contributed by atoms with Gasteiger partial charge in [-0.25, -0.2) is 0 Å². The number of rotatable bonds is 8. The summed E-state index contributed by atoms with van der Waals surface area (Å²) in [5, 5.41) is 0. The van der Waals surface area contributed by atoms with E-state index in [2.05, 4.69) is 6.92 Å². The van der Waals surface area contributed by atoms with E-state index in [9.17, 15) is 0 Å². The molecule has 0 N–H and O–H groups in total. The van der Waals surface area contributed by atoms with Gasteiger partial charge in [-0.3, -0.25) is 0 Å². The van der Waals surface area contributed by atoms with Crippen LogP contribution < -0.4 is 12.4 Å². The van der Waals surface area contributed by atoms with E-state index >= 15 is 0 Å². The predicted octanol–water partition coefficient (Wildman–Crippen LogP) is 0.0477. The summed E-state index contributed by atoms with van der Waals surface area (Å²) in [6.07, 6.45) is 1.14. The molecule has 0 amide bonds. The predicted molar refractivity (Wildman–Crippen MR) is 75.0 cm³/mol. The van der Waals surface area contributed by atoms with E-state index in [1.807, 2.05) is 41.5 Å². The summed E-state index contributed by atoms with van der Waals surface area (Å²) in [7, 11) is -2.55. The average molecular weight is 307 g/mol. The minimum atomic E-state index is -2.55. The van der Waals surface area contributed by atoms with Gasteiger partial charge in [0.15, 0.2) is 0 Å². The quantitative estimate of drug-likeness (QED) is 0.468. The molecule has 0 atom stereocenters. The molecule has 0 spiro atoms. The van der Waals surface area contributed by atoms with Crippen molar-refractivity contribution in [3.8, 4) is 0 Å². The van der Waals surface area contributed by atoms with Crippen molar-refractivity contribution in [1.82, 2.24) is 0 Å². The molecule has 0 aliphatic heterocycles. The van der Waals surface area contributed by atoms with Gasteiger partial charge >= 0.3 is 31.9 Å². The van der Waals surface area contributed by atoms with Crippen LogP contribution in [-0.4, -0.2) is 50.2 Å². The monoisotopic (exact) mass is 306 g/mol. The molecule has 0 radical (unpaired) electrons. The van der Waals surface area contributed by atoms with Gasteiger partial charge in [-0.05, 0) is 47.6 Å². The summed E-state index contributed by atoms with van der Waals surface area (Å²) in [5.41, 5.74) is 0. The molecule has 0 heterocycles. The average Bonchev–Trinajstić information content (AvgIpc) is 1.98. The van der Waals surface area contributed by atoms with Crippen molar-refractivity contribution in [2.24, 2.45) is 0 Å². The Balaban J connectivity index is -0.00000112. The van der Waals surface area contributed by atoms with Gasteiger partial charge in [-0.1, -0.05) is 0 Å². The molecule has 0 rings (SSSR count). The van der Waals surface area contributed by atoms with Crippen LogP contribution in [0.4, 0.5) is 0 Å². The first-order valence-electron chi connectivity index (χ1n) is 6.14. The molecule has 0 aromatic heterocycles. The largest absolute Gasteiger partial charge is 2.00 e. The molecule has 3 nitrogen and oxygen atoms in total. The van der Waals surface area contributed by atoms with Crippen molar-refractivity contribution < 1.29 is 25.7 Å². The molecule has 0 aromatic carbocycles. The molecular formula is C12H27ClMgO3Si. The summed E-state index contributed by atoms with van der Waals surface area (Å²) in [5.74, 6) is 0. The molecule has 0 fully saturated rings. The second kappa shape index (κ2) is 11.9. The first-order chi connectivity index (χ1) is 7.31. The van der Waals surface area contributed by atoms with E-state index in [0.29, 0.717) is 0 Å². The Hall–Kier alpha value is 1.15. The Bertz CT molecular complexity index is 166. The zero-order valence-corrected chi connectivity index (χ0v) is 15.8. The molecule has 0 bridgehead atoms. The Kier molecular flexibility index (Phi) is 16.0. The fraction of sp³-hybridized carbons (Fsp3) is 0.917. The maximum Gasteiger partial charge on any atom is 2.00 e. The molecule has 0 saturated carbocycles. The van der Waals surface area contributed by atoms with Gasteiger partial charge in [0.2, 0.25) is 0 Å². The minimum Gasteiger partial charge on any atom is -1.00 e. The fourth-order valence-corrected chi connectivity index (χ4v) is 4.66. The molecule has 6 heteroatoms. The third-order valence-corrected chi connectivity index (χ3v) is 5.19. The van der Waals surface area contributed by atoms with E-state index in [4.69, 9.17) is 13.3 Å². The zero-order chi connectivity index (χ0) is 12.8. The van der Waals surface area contributed by atoms with Crippen molar-refractivity contribution >= 4 is 31.9 Å². The van der Waals surface area contributed by atoms with Crippen molar-refractivity contribution in [1.29, 1.82) is 0 Å². The van der Waals surface area contributed by atoms with Gasteiger partial charge in [0.1, 0.15) is 0 Å². The van der Waals surface area contributed by atoms with Crippen LogP contribution in [0.25, 0.3) is 0 Å². The second-order valence-electron chi connectivity index (χ2n) is 4.79. The van der Waals surface area contributed by atoms with Crippen LogP contribution in [0, 0.1) is 6.92 Å². The second-order valence-corrected chi connectivity index (χ2v) is 7.36. The van der Waals surface area contributed by atoms with Crippen molar-refractivity contribution in [2.45, 2.75) is 72.3 Å². The number of hydrogen-bond donors (Lipinski definition) is 0. The van der Waals surface area contributed by atoms with E-state index in [0.717, 1.165) is 12.5 Å². The van der Waals surface area contributed by atoms with Gasteiger partial charge in [-0.15, -0.1) is 0 Å². The third-order valence-electron chi connectivity index (χ3n) is 1.73. The summed E-state index contributed by atoms with van der Waals surface area (Å²) in [4.78, 5) is 0. The summed E-state index contributed by atoms with van der Waals surface area (Å²) < 4.78 is 17.9. The number of hydrogen-bond acceptors (Lipinski definition) is 3. The molecule has 0 aromatic rings. The van der Waals surface area contributed by atoms with Crippen LogP contribution in [0.15, 0.2) is 0 Å². The van der Waals surface area contributed by atoms with Crippen LogP contribution >= 0.6 is 0 Å². The normalized spacial score (nSPS) is 11.7. The number of halogens is 1. The third kappa shape index (κ3) is 11.0.